The Hall–Kier alpha value is -3.10. The van der Waals surface area contributed by atoms with Crippen molar-refractivity contribution >= 4 is 54.6 Å². The molecule has 0 aliphatic rings. The maximum Gasteiger partial charge on any atom is 0.419 e. The number of hydrogen-bond donors (Lipinski definition) is 1. The van der Waals surface area contributed by atoms with Gasteiger partial charge in [0.05, 0.1) is 14.5 Å². The van der Waals surface area contributed by atoms with Crippen LogP contribution in [0.15, 0.2) is 75.7 Å². The molecule has 0 spiro atoms. The molecule has 34 heavy (non-hydrogen) atoms. The zero-order chi connectivity index (χ0) is 24.6. The number of phenols is 1. The van der Waals surface area contributed by atoms with Gasteiger partial charge in [-0.25, -0.2) is 9.36 Å². The molecule has 4 aromatic rings. The number of ether oxygens (including phenoxy) is 2. The second-order valence-corrected chi connectivity index (χ2v) is 10.2. The van der Waals surface area contributed by atoms with Crippen molar-refractivity contribution < 1.29 is 24.2 Å². The van der Waals surface area contributed by atoms with Gasteiger partial charge in [0.15, 0.2) is 0 Å². The zero-order valence-corrected chi connectivity index (χ0v) is 21.8. The van der Waals surface area contributed by atoms with Gasteiger partial charge in [0.2, 0.25) is 5.78 Å². The normalized spacial score (nSPS) is 11.4. The Bertz CT molecular complexity index is 1390. The van der Waals surface area contributed by atoms with E-state index in [-0.39, 0.29) is 17.2 Å². The van der Waals surface area contributed by atoms with Gasteiger partial charge in [0, 0.05) is 10.9 Å². The molecule has 1 heterocycles. The Morgan fingerprint density at radius 2 is 1.53 bits per heavy atom. The predicted molar refractivity (Wildman–Crippen MR) is 137 cm³/mol. The number of halogens is 2. The third-order valence-electron chi connectivity index (χ3n) is 4.88. The number of fused-ring (bicyclic) bond motifs is 1. The maximum absolute atomic E-state index is 13.5. The molecule has 6 nitrogen and oxygen atoms in total. The fraction of sp³-hybridized carbons (Fsp3) is 0.154. The van der Waals surface area contributed by atoms with Crippen LogP contribution in [0.4, 0.5) is 4.79 Å². The summed E-state index contributed by atoms with van der Waals surface area (Å²) in [5, 5.41) is 10.8. The number of carbonyl (C=O) groups is 2. The van der Waals surface area contributed by atoms with Crippen LogP contribution in [0.3, 0.4) is 0 Å². The quantitative estimate of drug-likeness (QED) is 0.248. The number of aromatic nitrogens is 1. The monoisotopic (exact) mass is 585 g/mol. The highest BCUT2D eigenvalue weighted by Gasteiger charge is 2.27. The van der Waals surface area contributed by atoms with E-state index in [1.165, 1.54) is 4.57 Å². The van der Waals surface area contributed by atoms with Crippen LogP contribution in [0.5, 0.6) is 17.2 Å². The summed E-state index contributed by atoms with van der Waals surface area (Å²) in [6.45, 7) is 5.25. The van der Waals surface area contributed by atoms with Crippen molar-refractivity contribution in [3.8, 4) is 17.2 Å². The standard InChI is InChI=1S/C26H21Br2NO5/c1-26(2,3)34-25(32)29-20-14-19(27)24(31)22(28)18(20)13-21(29)23(30)15-9-11-17(12-10-15)33-16-7-5-4-6-8-16/h4-14,31H,1-3H3. The Morgan fingerprint density at radius 3 is 2.15 bits per heavy atom. The first-order valence-electron chi connectivity index (χ1n) is 10.4. The lowest BCUT2D eigenvalue weighted by Gasteiger charge is -2.21. The molecule has 3 aromatic carbocycles. The first-order chi connectivity index (χ1) is 16.0. The first-order valence-corrected chi connectivity index (χ1v) is 12.0. The summed E-state index contributed by atoms with van der Waals surface area (Å²) in [6, 6.07) is 19.1. The molecular weight excluding hydrogens is 566 g/mol. The summed E-state index contributed by atoms with van der Waals surface area (Å²) in [6.07, 6.45) is -0.695. The van der Waals surface area contributed by atoms with Gasteiger partial charge in [0.1, 0.15) is 28.5 Å². The van der Waals surface area contributed by atoms with Crippen LogP contribution in [0, 0.1) is 0 Å². The van der Waals surface area contributed by atoms with Crippen LogP contribution in [0.25, 0.3) is 10.9 Å². The van der Waals surface area contributed by atoms with Crippen molar-refractivity contribution in [1.29, 1.82) is 0 Å². The van der Waals surface area contributed by atoms with Gasteiger partial charge in [-0.15, -0.1) is 0 Å². The van der Waals surface area contributed by atoms with Crippen molar-refractivity contribution in [3.63, 3.8) is 0 Å². The number of carbonyl (C=O) groups excluding carboxylic acids is 2. The van der Waals surface area contributed by atoms with E-state index >= 15 is 0 Å². The lowest BCUT2D eigenvalue weighted by molar-refractivity contribution is 0.0536. The molecule has 0 saturated heterocycles. The van der Waals surface area contributed by atoms with Crippen molar-refractivity contribution in [1.82, 2.24) is 4.57 Å². The van der Waals surface area contributed by atoms with E-state index in [1.807, 2.05) is 30.3 Å². The molecule has 0 saturated carbocycles. The lowest BCUT2D eigenvalue weighted by Crippen LogP contribution is -2.28. The molecule has 0 fully saturated rings. The molecule has 0 amide bonds. The average molecular weight is 587 g/mol. The minimum Gasteiger partial charge on any atom is -0.506 e. The third kappa shape index (κ3) is 4.88. The van der Waals surface area contributed by atoms with E-state index in [2.05, 4.69) is 31.9 Å². The summed E-state index contributed by atoms with van der Waals surface area (Å²) in [7, 11) is 0. The minimum absolute atomic E-state index is 0.0322. The smallest absolute Gasteiger partial charge is 0.419 e. The van der Waals surface area contributed by atoms with Gasteiger partial charge < -0.3 is 14.6 Å². The van der Waals surface area contributed by atoms with E-state index in [1.54, 1.807) is 57.2 Å². The SMILES string of the molecule is CC(C)(C)OC(=O)n1c(C(=O)c2ccc(Oc3ccccc3)cc2)cc2c(Br)c(O)c(Br)cc21. The third-order valence-corrected chi connectivity index (χ3v) is 6.28. The van der Waals surface area contributed by atoms with E-state index in [0.717, 1.165) is 0 Å². The molecule has 0 unspecified atom stereocenters. The number of ketones is 1. The van der Waals surface area contributed by atoms with Crippen LogP contribution in [-0.2, 0) is 4.74 Å². The number of rotatable bonds is 4. The average Bonchev–Trinajstić information content (AvgIpc) is 3.17. The molecule has 4 rings (SSSR count). The van der Waals surface area contributed by atoms with Crippen LogP contribution in [0.2, 0.25) is 0 Å². The Balaban J connectivity index is 1.76. The van der Waals surface area contributed by atoms with Crippen LogP contribution < -0.4 is 4.74 Å². The topological polar surface area (TPSA) is 77.8 Å². The number of nitrogens with zero attached hydrogens (tertiary/aromatic N) is 1. The van der Waals surface area contributed by atoms with E-state index in [0.29, 0.717) is 36.9 Å². The lowest BCUT2D eigenvalue weighted by atomic mass is 10.1. The predicted octanol–water partition coefficient (Wildman–Crippen LogP) is 7.68. The van der Waals surface area contributed by atoms with E-state index < -0.39 is 11.7 Å². The highest BCUT2D eigenvalue weighted by Crippen LogP contribution is 2.40. The highest BCUT2D eigenvalue weighted by molar-refractivity contribution is 9.11. The maximum atomic E-state index is 13.5. The summed E-state index contributed by atoms with van der Waals surface area (Å²) in [5.74, 6) is 0.847. The highest BCUT2D eigenvalue weighted by atomic mass is 79.9. The van der Waals surface area contributed by atoms with E-state index in [4.69, 9.17) is 9.47 Å². The molecule has 0 aliphatic carbocycles. The molecule has 0 bridgehead atoms. The largest absolute Gasteiger partial charge is 0.506 e. The fourth-order valence-corrected chi connectivity index (χ4v) is 4.59. The Morgan fingerprint density at radius 1 is 0.912 bits per heavy atom. The summed E-state index contributed by atoms with van der Waals surface area (Å²) >= 11 is 6.66. The van der Waals surface area contributed by atoms with Crippen molar-refractivity contribution in [2.75, 3.05) is 0 Å². The van der Waals surface area contributed by atoms with Crippen LogP contribution in [0.1, 0.15) is 36.8 Å². The Labute approximate surface area is 213 Å². The zero-order valence-electron chi connectivity index (χ0n) is 18.6. The molecule has 1 aromatic heterocycles. The molecule has 0 atom stereocenters. The molecule has 0 radical (unpaired) electrons. The van der Waals surface area contributed by atoms with Gasteiger partial charge in [-0.3, -0.25) is 4.79 Å². The summed E-state index contributed by atoms with van der Waals surface area (Å²) in [4.78, 5) is 26.6. The molecule has 174 valence electrons. The van der Waals surface area contributed by atoms with E-state index in [9.17, 15) is 14.7 Å². The number of phenolic OH excluding ortho intramolecular Hbond substituents is 1. The van der Waals surface area contributed by atoms with Crippen molar-refractivity contribution in [2.24, 2.45) is 0 Å². The number of para-hydroxylation sites is 1. The van der Waals surface area contributed by atoms with Crippen LogP contribution in [-0.4, -0.2) is 27.2 Å². The fourth-order valence-electron chi connectivity index (χ4n) is 3.38. The second-order valence-electron chi connectivity index (χ2n) is 8.57. The van der Waals surface area contributed by atoms with Gasteiger partial charge >= 0.3 is 6.09 Å². The molecule has 1 N–H and O–H groups in total. The van der Waals surface area contributed by atoms with Gasteiger partial charge in [-0.2, -0.15) is 0 Å². The van der Waals surface area contributed by atoms with Crippen molar-refractivity contribution in [3.05, 3.63) is 86.9 Å². The minimum atomic E-state index is -0.768. The summed E-state index contributed by atoms with van der Waals surface area (Å²) < 4.78 is 13.3. The number of hydrogen-bond acceptors (Lipinski definition) is 5. The summed E-state index contributed by atoms with van der Waals surface area (Å²) in [5.41, 5.74) is 0.125. The van der Waals surface area contributed by atoms with Crippen LogP contribution >= 0.6 is 31.9 Å². The van der Waals surface area contributed by atoms with Crippen molar-refractivity contribution in [2.45, 2.75) is 26.4 Å². The second kappa shape index (κ2) is 9.27. The van der Waals surface area contributed by atoms with Gasteiger partial charge in [-0.1, -0.05) is 18.2 Å². The number of aromatic hydroxyl groups is 1. The molecule has 8 heteroatoms. The first kappa shape index (κ1) is 24.0. The van der Waals surface area contributed by atoms with Gasteiger partial charge in [-0.05, 0) is 101 Å². The molecule has 0 aliphatic heterocycles. The van der Waals surface area contributed by atoms with Gasteiger partial charge in [0.25, 0.3) is 0 Å². The molecular formula is C26H21Br2NO5. The Kier molecular flexibility index (Phi) is 6.55. The number of benzene rings is 3.